The number of aliphatic hydroxyl groups is 5. The number of ether oxygens (including phenoxy) is 4. The molecule has 1 saturated carbocycles. The third-order valence-corrected chi connectivity index (χ3v) is 12.5. The van der Waals surface area contributed by atoms with Gasteiger partial charge in [0.15, 0.2) is 0 Å². The summed E-state index contributed by atoms with van der Waals surface area (Å²) in [6.45, 7) is 12.6. The van der Waals surface area contributed by atoms with Crippen molar-refractivity contribution in [2.45, 2.75) is 160 Å². The van der Waals surface area contributed by atoms with E-state index >= 15 is 0 Å². The molecule has 14 nitrogen and oxygen atoms in total. The Morgan fingerprint density at radius 2 is 1.53 bits per heavy atom. The molecule has 3 rings (SSSR count). The van der Waals surface area contributed by atoms with Gasteiger partial charge >= 0.3 is 11.8 Å². The van der Waals surface area contributed by atoms with Crippen LogP contribution in [0.4, 0.5) is 0 Å². The van der Waals surface area contributed by atoms with Gasteiger partial charge in [-0.3, -0.25) is 14.4 Å². The summed E-state index contributed by atoms with van der Waals surface area (Å²) >= 11 is 0. The lowest BCUT2D eigenvalue weighted by Gasteiger charge is -2.39. The Morgan fingerprint density at radius 3 is 2.16 bits per heavy atom. The Kier molecular flexibility index (Phi) is 19.4. The maximum Gasteiger partial charge on any atom is 0.329 e. The summed E-state index contributed by atoms with van der Waals surface area (Å²) < 4.78 is 22.9. The van der Waals surface area contributed by atoms with E-state index in [1.165, 1.54) is 28.3 Å². The number of amides is 1. The van der Waals surface area contributed by atoms with Gasteiger partial charge in [-0.15, -0.1) is 6.58 Å². The predicted octanol–water partition coefficient (Wildman–Crippen LogP) is 3.59. The molecule has 0 unspecified atom stereocenters. The van der Waals surface area contributed by atoms with E-state index in [9.17, 15) is 44.7 Å². The van der Waals surface area contributed by atoms with E-state index in [0.717, 1.165) is 10.5 Å². The highest BCUT2D eigenvalue weighted by molar-refractivity contribution is 6.08. The number of carbonyl (C=O) groups excluding carboxylic acids is 4. The molecule has 1 amide bonds. The van der Waals surface area contributed by atoms with Crippen molar-refractivity contribution in [2.24, 2.45) is 29.6 Å². The van der Waals surface area contributed by atoms with Gasteiger partial charge in [0.2, 0.25) is 5.78 Å². The fourth-order valence-electron chi connectivity index (χ4n) is 9.01. The lowest BCUT2D eigenvalue weighted by atomic mass is 9.81. The van der Waals surface area contributed by atoms with Crippen molar-refractivity contribution in [2.75, 3.05) is 27.9 Å². The SMILES string of the molecule is C=CC[C@@H]1C=C(C)C[C@H](C)C[C@H](OC)[C@@H](O)[C@@H](OC)C[C@@H](C)C(=O)C(O)(O)C(=O)N2CCCC[C@H]2C(=O)O[C@H](/C(C)=C/[C@@H]2CC[C@@H](O)[C@H](OC)C2)[C@H](C)[C@@H](O)CC1=O. The molecule has 0 radical (unpaired) electrons. The Balaban J connectivity index is 2.10. The number of methoxy groups -OCH3 is 3. The van der Waals surface area contributed by atoms with Crippen LogP contribution in [0.15, 0.2) is 36.0 Å². The van der Waals surface area contributed by atoms with Gasteiger partial charge in [-0.05, 0) is 95.5 Å². The van der Waals surface area contributed by atoms with Gasteiger partial charge in [-0.2, -0.15) is 0 Å². The quantitative estimate of drug-likeness (QED) is 0.108. The zero-order valence-electron chi connectivity index (χ0n) is 35.9. The lowest BCUT2D eigenvalue weighted by molar-refractivity contribution is -0.206. The molecule has 5 N–H and O–H groups in total. The Morgan fingerprint density at radius 1 is 0.897 bits per heavy atom. The van der Waals surface area contributed by atoms with Crippen LogP contribution < -0.4 is 0 Å². The molecular weight excluding hydrogens is 750 g/mol. The summed E-state index contributed by atoms with van der Waals surface area (Å²) in [5.41, 5.74) is 1.52. The second-order valence-corrected chi connectivity index (χ2v) is 17.2. The van der Waals surface area contributed by atoms with E-state index in [2.05, 4.69) is 6.58 Å². The second kappa shape index (κ2) is 22.7. The summed E-state index contributed by atoms with van der Waals surface area (Å²) in [5, 5.41) is 55.9. The number of carbonyl (C=O) groups is 4. The van der Waals surface area contributed by atoms with Crippen molar-refractivity contribution in [3.63, 3.8) is 0 Å². The van der Waals surface area contributed by atoms with E-state index in [1.807, 2.05) is 26.0 Å². The van der Waals surface area contributed by atoms with Gasteiger partial charge < -0.3 is 49.4 Å². The van der Waals surface area contributed by atoms with Gasteiger partial charge in [0.05, 0.1) is 30.5 Å². The molecule has 14 heteroatoms. The van der Waals surface area contributed by atoms with Crippen molar-refractivity contribution < 1.29 is 63.7 Å². The number of hydrogen-bond acceptors (Lipinski definition) is 13. The number of cyclic esters (lactones) is 1. The van der Waals surface area contributed by atoms with Gasteiger partial charge in [0.25, 0.3) is 5.91 Å². The largest absolute Gasteiger partial charge is 0.456 e. The molecule has 58 heavy (non-hydrogen) atoms. The van der Waals surface area contributed by atoms with E-state index in [1.54, 1.807) is 19.9 Å². The van der Waals surface area contributed by atoms with Crippen molar-refractivity contribution in [3.8, 4) is 0 Å². The summed E-state index contributed by atoms with van der Waals surface area (Å²) in [7, 11) is 4.35. The number of ketones is 2. The fourth-order valence-corrected chi connectivity index (χ4v) is 9.01. The third kappa shape index (κ3) is 12.8. The Bertz CT molecular complexity index is 1460. The first-order chi connectivity index (χ1) is 27.3. The molecule has 0 spiro atoms. The molecule has 0 aromatic heterocycles. The number of nitrogens with zero attached hydrogens (tertiary/aromatic N) is 1. The van der Waals surface area contributed by atoms with Crippen molar-refractivity contribution >= 4 is 23.4 Å². The molecule has 2 aliphatic heterocycles. The summed E-state index contributed by atoms with van der Waals surface area (Å²) in [6, 6.07) is -1.28. The zero-order valence-corrected chi connectivity index (χ0v) is 35.9. The molecule has 0 aromatic carbocycles. The number of hydrogen-bond donors (Lipinski definition) is 5. The average Bonchev–Trinajstić information content (AvgIpc) is 3.19. The highest BCUT2D eigenvalue weighted by atomic mass is 16.6. The lowest BCUT2D eigenvalue weighted by Crippen LogP contribution is -2.61. The highest BCUT2D eigenvalue weighted by Gasteiger charge is 2.51. The number of allylic oxidation sites excluding steroid dienone is 4. The van der Waals surface area contributed by atoms with Crippen LogP contribution in [0.2, 0.25) is 0 Å². The number of esters is 1. The highest BCUT2D eigenvalue weighted by Crippen LogP contribution is 2.33. The third-order valence-electron chi connectivity index (χ3n) is 12.5. The minimum atomic E-state index is -3.50. The van der Waals surface area contributed by atoms with Crippen LogP contribution in [0.3, 0.4) is 0 Å². The number of piperidine rings is 1. The second-order valence-electron chi connectivity index (χ2n) is 17.2. The van der Waals surface area contributed by atoms with Crippen molar-refractivity contribution in [3.05, 3.63) is 36.0 Å². The minimum absolute atomic E-state index is 0.0337. The van der Waals surface area contributed by atoms with E-state index in [-0.39, 0.29) is 49.5 Å². The smallest absolute Gasteiger partial charge is 0.329 e. The van der Waals surface area contributed by atoms with Crippen LogP contribution in [-0.4, -0.2) is 136 Å². The van der Waals surface area contributed by atoms with Crippen LogP contribution in [0.25, 0.3) is 0 Å². The van der Waals surface area contributed by atoms with Gasteiger partial charge in [0.1, 0.15) is 24.0 Å². The molecule has 1 aliphatic carbocycles. The number of fused-ring (bicyclic) bond motifs is 1. The summed E-state index contributed by atoms with van der Waals surface area (Å²) in [6.07, 6.45) is 2.82. The molecule has 2 heterocycles. The first-order valence-corrected chi connectivity index (χ1v) is 20.9. The molecule has 3 aliphatic rings. The van der Waals surface area contributed by atoms with Gasteiger partial charge in [0, 0.05) is 52.0 Å². The van der Waals surface area contributed by atoms with E-state index < -0.39 is 83.9 Å². The Labute approximate surface area is 344 Å². The molecule has 1 saturated heterocycles. The average molecular weight is 822 g/mol. The van der Waals surface area contributed by atoms with Crippen molar-refractivity contribution in [1.29, 1.82) is 0 Å². The van der Waals surface area contributed by atoms with Crippen LogP contribution in [0.1, 0.15) is 105 Å². The van der Waals surface area contributed by atoms with Crippen LogP contribution in [-0.2, 0) is 38.1 Å². The van der Waals surface area contributed by atoms with Gasteiger partial charge in [-0.25, -0.2) is 4.79 Å². The normalized spacial score (nSPS) is 37.4. The van der Waals surface area contributed by atoms with Crippen molar-refractivity contribution in [1.82, 2.24) is 4.90 Å². The Hall–Kier alpha value is -2.82. The molecule has 0 aromatic rings. The molecular formula is C44H71NO13. The first-order valence-electron chi connectivity index (χ1n) is 20.9. The number of aliphatic hydroxyl groups excluding tert-OH is 3. The van der Waals surface area contributed by atoms with Crippen LogP contribution in [0.5, 0.6) is 0 Å². The van der Waals surface area contributed by atoms with Crippen LogP contribution in [0, 0.1) is 29.6 Å². The topological polar surface area (TPSA) is 210 Å². The molecule has 2 fully saturated rings. The van der Waals surface area contributed by atoms with E-state index in [0.29, 0.717) is 56.9 Å². The molecule has 330 valence electrons. The molecule has 0 bridgehead atoms. The predicted molar refractivity (Wildman–Crippen MR) is 216 cm³/mol. The summed E-state index contributed by atoms with van der Waals surface area (Å²) in [5.74, 6) is -9.80. The zero-order chi connectivity index (χ0) is 43.5. The van der Waals surface area contributed by atoms with Gasteiger partial charge in [-0.1, -0.05) is 44.6 Å². The number of rotatable bonds is 7. The minimum Gasteiger partial charge on any atom is -0.456 e. The van der Waals surface area contributed by atoms with E-state index in [4.69, 9.17) is 18.9 Å². The maximum atomic E-state index is 14.2. The fraction of sp³-hybridized carbons (Fsp3) is 0.773. The standard InChI is InChI=1S/C44H71NO13/c1-10-13-31-19-25(2)18-26(3)20-37(56-8)39(49)38(57-9)22-28(5)41(50)44(53,54)43(52)45-17-12-11-14-32(45)42(51)58-40(29(6)34(47)24-35(31)48)27(4)21-30-15-16-33(46)36(23-30)55-7/h10,19,21,26,28-34,36-40,46-47,49,53-54H,1,11-18,20,22-24H2,2-9H3/b25-19?,27-21+/t26-,28+,29+,30-,31+,32-,33+,34-,36+,37-,38-,39+,40+/m0/s1. The monoisotopic (exact) mass is 821 g/mol. The molecule has 13 atom stereocenters. The van der Waals surface area contributed by atoms with Crippen LogP contribution >= 0.6 is 0 Å². The summed E-state index contributed by atoms with van der Waals surface area (Å²) in [4.78, 5) is 56.6. The maximum absolute atomic E-state index is 14.2. The number of Topliss-reactive ketones (excluding diaryl/α,β-unsaturated/α-hetero) is 2. The first kappa shape index (κ1) is 49.5.